The third-order valence-electron chi connectivity index (χ3n) is 1.59. The summed E-state index contributed by atoms with van der Waals surface area (Å²) in [5.74, 6) is 0. The second kappa shape index (κ2) is 3.67. The summed E-state index contributed by atoms with van der Waals surface area (Å²) in [6, 6.07) is 1.88. The van der Waals surface area contributed by atoms with E-state index in [2.05, 4.69) is 6.58 Å². The molecule has 3 nitrogen and oxygen atoms in total. The predicted octanol–water partition coefficient (Wildman–Crippen LogP) is 1.17. The Hall–Kier alpha value is -1.43. The maximum absolute atomic E-state index is 8.45. The fourth-order valence-electron chi connectivity index (χ4n) is 0.548. The molecule has 0 rings (SSSR count). The van der Waals surface area contributed by atoms with Gasteiger partial charge < -0.3 is 10.6 Å². The van der Waals surface area contributed by atoms with Crippen molar-refractivity contribution in [2.75, 3.05) is 7.05 Å². The van der Waals surface area contributed by atoms with Crippen molar-refractivity contribution in [2.45, 2.75) is 13.8 Å². The minimum atomic E-state index is 0.232. The highest BCUT2D eigenvalue weighted by Gasteiger charge is 2.02. The minimum absolute atomic E-state index is 0.232. The first-order valence-electron chi connectivity index (χ1n) is 3.26. The lowest BCUT2D eigenvalue weighted by Crippen LogP contribution is -2.16. The molecule has 0 radical (unpaired) electrons. The van der Waals surface area contributed by atoms with Crippen LogP contribution in [0.2, 0.25) is 0 Å². The van der Waals surface area contributed by atoms with E-state index >= 15 is 0 Å². The molecule has 0 aromatic rings. The van der Waals surface area contributed by atoms with E-state index in [4.69, 9.17) is 11.0 Å². The Morgan fingerprint density at radius 1 is 1.55 bits per heavy atom. The van der Waals surface area contributed by atoms with Crippen molar-refractivity contribution in [1.29, 1.82) is 5.26 Å². The normalized spacial score (nSPS) is 11.5. The number of hydrogen-bond donors (Lipinski definition) is 1. The van der Waals surface area contributed by atoms with Gasteiger partial charge in [0.2, 0.25) is 0 Å². The van der Waals surface area contributed by atoms with E-state index in [1.165, 1.54) is 0 Å². The molecule has 0 aliphatic carbocycles. The Morgan fingerprint density at radius 2 is 2.00 bits per heavy atom. The third-order valence-corrected chi connectivity index (χ3v) is 1.59. The van der Waals surface area contributed by atoms with E-state index in [0.29, 0.717) is 0 Å². The van der Waals surface area contributed by atoms with Gasteiger partial charge in [0, 0.05) is 18.4 Å². The standard InChI is InChI=1S/C8H13N3/c1-6(2)11(4)7(3)8(10)5-9/h1,10H2,2-4H3/b8-7-. The van der Waals surface area contributed by atoms with Gasteiger partial charge in [0.25, 0.3) is 0 Å². The number of hydrogen-bond acceptors (Lipinski definition) is 3. The molecule has 3 heteroatoms. The van der Waals surface area contributed by atoms with E-state index in [-0.39, 0.29) is 5.70 Å². The van der Waals surface area contributed by atoms with Crippen LogP contribution in [0.15, 0.2) is 23.7 Å². The lowest BCUT2D eigenvalue weighted by atomic mass is 10.3. The van der Waals surface area contributed by atoms with Gasteiger partial charge in [0.05, 0.1) is 0 Å². The van der Waals surface area contributed by atoms with Gasteiger partial charge >= 0.3 is 0 Å². The largest absolute Gasteiger partial charge is 0.389 e. The average molecular weight is 151 g/mol. The van der Waals surface area contributed by atoms with Gasteiger partial charge in [-0.2, -0.15) is 5.26 Å². The summed E-state index contributed by atoms with van der Waals surface area (Å²) in [5.41, 5.74) is 7.22. The summed E-state index contributed by atoms with van der Waals surface area (Å²) in [4.78, 5) is 1.78. The topological polar surface area (TPSA) is 53.0 Å². The van der Waals surface area contributed by atoms with Crippen molar-refractivity contribution in [3.63, 3.8) is 0 Å². The summed E-state index contributed by atoms with van der Waals surface area (Å²) in [5, 5.41) is 8.45. The molecule has 0 spiro atoms. The molecule has 0 heterocycles. The van der Waals surface area contributed by atoms with Gasteiger partial charge in [0.15, 0.2) is 0 Å². The molecular weight excluding hydrogens is 138 g/mol. The third kappa shape index (κ3) is 2.34. The number of nitrogens with two attached hydrogens (primary N) is 1. The number of allylic oxidation sites excluding steroid dienone is 3. The van der Waals surface area contributed by atoms with Crippen molar-refractivity contribution in [1.82, 2.24) is 4.90 Å². The van der Waals surface area contributed by atoms with Crippen molar-refractivity contribution < 1.29 is 0 Å². The van der Waals surface area contributed by atoms with Crippen LogP contribution in [0.5, 0.6) is 0 Å². The SMILES string of the molecule is C=C(C)N(C)/C(C)=C(\N)C#N. The highest BCUT2D eigenvalue weighted by molar-refractivity contribution is 5.24. The zero-order valence-electron chi connectivity index (χ0n) is 7.18. The fraction of sp³-hybridized carbons (Fsp3) is 0.375. The molecule has 60 valence electrons. The van der Waals surface area contributed by atoms with Gasteiger partial charge in [-0.1, -0.05) is 6.58 Å². The van der Waals surface area contributed by atoms with Gasteiger partial charge in [-0.25, -0.2) is 0 Å². The van der Waals surface area contributed by atoms with Crippen LogP contribution in [0, 0.1) is 11.3 Å². The molecule has 0 aromatic carbocycles. The molecule has 0 aromatic heterocycles. The maximum Gasteiger partial charge on any atom is 0.130 e. The van der Waals surface area contributed by atoms with Crippen LogP contribution >= 0.6 is 0 Å². The molecular formula is C8H13N3. The molecule has 0 aliphatic rings. The van der Waals surface area contributed by atoms with Gasteiger partial charge in [0.1, 0.15) is 11.8 Å². The fourth-order valence-corrected chi connectivity index (χ4v) is 0.548. The van der Waals surface area contributed by atoms with E-state index in [9.17, 15) is 0 Å². The van der Waals surface area contributed by atoms with E-state index in [1.807, 2.05) is 20.0 Å². The summed E-state index contributed by atoms with van der Waals surface area (Å²) >= 11 is 0. The van der Waals surface area contributed by atoms with Crippen molar-refractivity contribution in [2.24, 2.45) is 5.73 Å². The summed E-state index contributed by atoms with van der Waals surface area (Å²) in [6.07, 6.45) is 0. The van der Waals surface area contributed by atoms with Crippen molar-refractivity contribution in [3.05, 3.63) is 23.7 Å². The molecule has 0 amide bonds. The Morgan fingerprint density at radius 3 is 2.27 bits per heavy atom. The van der Waals surface area contributed by atoms with Crippen LogP contribution in [0.3, 0.4) is 0 Å². The maximum atomic E-state index is 8.45. The molecule has 0 saturated carbocycles. The highest BCUT2D eigenvalue weighted by atomic mass is 15.1. The van der Waals surface area contributed by atoms with Crippen LogP contribution in [-0.2, 0) is 0 Å². The second-order valence-electron chi connectivity index (χ2n) is 2.41. The predicted molar refractivity (Wildman–Crippen MR) is 45.1 cm³/mol. The molecule has 11 heavy (non-hydrogen) atoms. The highest BCUT2D eigenvalue weighted by Crippen LogP contribution is 2.08. The summed E-state index contributed by atoms with van der Waals surface area (Å²) in [7, 11) is 1.82. The van der Waals surface area contributed by atoms with Gasteiger partial charge in [-0.3, -0.25) is 0 Å². The first-order chi connectivity index (χ1) is 5.00. The number of nitriles is 1. The lowest BCUT2D eigenvalue weighted by molar-refractivity contribution is 0.519. The smallest absolute Gasteiger partial charge is 0.130 e. The molecule has 0 aliphatic heterocycles. The van der Waals surface area contributed by atoms with E-state index in [1.54, 1.807) is 11.8 Å². The average Bonchev–Trinajstić information content (AvgIpc) is 2.00. The molecule has 0 saturated heterocycles. The zero-order chi connectivity index (χ0) is 9.02. The zero-order valence-corrected chi connectivity index (χ0v) is 7.18. The van der Waals surface area contributed by atoms with Crippen molar-refractivity contribution in [3.8, 4) is 6.07 Å². The second-order valence-corrected chi connectivity index (χ2v) is 2.41. The lowest BCUT2D eigenvalue weighted by Gasteiger charge is -2.19. The number of nitrogens with zero attached hydrogens (tertiary/aromatic N) is 2. The van der Waals surface area contributed by atoms with Crippen LogP contribution in [0.25, 0.3) is 0 Å². The molecule has 0 atom stereocenters. The Labute approximate surface area is 67.4 Å². The first-order valence-corrected chi connectivity index (χ1v) is 3.26. The van der Waals surface area contributed by atoms with Crippen LogP contribution in [0.4, 0.5) is 0 Å². The quantitative estimate of drug-likeness (QED) is 0.602. The first kappa shape index (κ1) is 9.57. The van der Waals surface area contributed by atoms with Crippen LogP contribution < -0.4 is 5.73 Å². The Bertz CT molecular complexity index is 232. The van der Waals surface area contributed by atoms with E-state index < -0.39 is 0 Å². The molecule has 0 bridgehead atoms. The van der Waals surface area contributed by atoms with Crippen LogP contribution in [-0.4, -0.2) is 11.9 Å². The number of rotatable bonds is 2. The molecule has 0 fully saturated rings. The summed E-state index contributed by atoms with van der Waals surface area (Å²) < 4.78 is 0. The van der Waals surface area contributed by atoms with Crippen LogP contribution in [0.1, 0.15) is 13.8 Å². The molecule has 0 unspecified atom stereocenters. The minimum Gasteiger partial charge on any atom is -0.389 e. The van der Waals surface area contributed by atoms with E-state index in [0.717, 1.165) is 11.4 Å². The Balaban J connectivity index is 4.63. The van der Waals surface area contributed by atoms with Gasteiger partial charge in [-0.15, -0.1) is 0 Å². The van der Waals surface area contributed by atoms with Crippen molar-refractivity contribution >= 4 is 0 Å². The van der Waals surface area contributed by atoms with Gasteiger partial charge in [-0.05, 0) is 13.8 Å². The summed E-state index contributed by atoms with van der Waals surface area (Å²) in [6.45, 7) is 7.36. The molecule has 2 N–H and O–H groups in total. The Kier molecular flexibility index (Phi) is 3.19. The monoisotopic (exact) mass is 151 g/mol.